The second kappa shape index (κ2) is 5.00. The van der Waals surface area contributed by atoms with Gasteiger partial charge >= 0.3 is 0 Å². The van der Waals surface area contributed by atoms with Crippen LogP contribution in [0.4, 0.5) is 0 Å². The van der Waals surface area contributed by atoms with E-state index in [4.69, 9.17) is 10.6 Å². The van der Waals surface area contributed by atoms with E-state index in [1.165, 1.54) is 43.4 Å². The Bertz CT molecular complexity index is 624. The molecule has 0 bridgehead atoms. The lowest BCUT2D eigenvalue weighted by Gasteiger charge is -2.49. The van der Waals surface area contributed by atoms with Gasteiger partial charge < -0.3 is 10.6 Å². The highest BCUT2D eigenvalue weighted by Gasteiger charge is 2.53. The van der Waals surface area contributed by atoms with Crippen molar-refractivity contribution in [1.82, 2.24) is 0 Å². The van der Waals surface area contributed by atoms with Crippen molar-refractivity contribution in [2.45, 2.75) is 51.4 Å². The first-order valence-electron chi connectivity index (χ1n) is 8.61. The number of benzene rings is 1. The fourth-order valence-electron chi connectivity index (χ4n) is 5.69. The van der Waals surface area contributed by atoms with Gasteiger partial charge in [0.25, 0.3) is 0 Å². The average molecular weight is 298 g/mol. The van der Waals surface area contributed by atoms with Crippen molar-refractivity contribution in [2.75, 3.05) is 7.11 Å². The van der Waals surface area contributed by atoms with Gasteiger partial charge in [0.2, 0.25) is 0 Å². The van der Waals surface area contributed by atoms with Crippen molar-refractivity contribution >= 4 is 5.71 Å². The number of hydrogen-bond donors (Lipinski definition) is 1. The minimum absolute atomic E-state index is 0.264. The van der Waals surface area contributed by atoms with E-state index in [0.717, 1.165) is 29.9 Å². The van der Waals surface area contributed by atoms with Crippen LogP contribution in [0.15, 0.2) is 23.3 Å². The monoisotopic (exact) mass is 298 g/mol. The van der Waals surface area contributed by atoms with Crippen LogP contribution in [0.1, 0.15) is 56.1 Å². The van der Waals surface area contributed by atoms with Crippen LogP contribution < -0.4 is 10.6 Å². The molecule has 4 rings (SSSR count). The molecular formula is C19H26N2O. The Kier molecular flexibility index (Phi) is 3.21. The Balaban J connectivity index is 1.69. The molecule has 2 fully saturated rings. The molecule has 0 spiro atoms. The van der Waals surface area contributed by atoms with Crippen molar-refractivity contribution in [3.05, 3.63) is 29.3 Å². The zero-order chi connectivity index (χ0) is 15.3. The molecule has 3 aliphatic carbocycles. The van der Waals surface area contributed by atoms with E-state index in [1.54, 1.807) is 12.7 Å². The second-order valence-corrected chi connectivity index (χ2v) is 7.55. The topological polar surface area (TPSA) is 47.6 Å². The first kappa shape index (κ1) is 14.1. The van der Waals surface area contributed by atoms with Gasteiger partial charge in [0.15, 0.2) is 0 Å². The van der Waals surface area contributed by atoms with Gasteiger partial charge in [-0.1, -0.05) is 13.0 Å². The van der Waals surface area contributed by atoms with E-state index in [9.17, 15) is 0 Å². The summed E-state index contributed by atoms with van der Waals surface area (Å²) in [6.45, 7) is 2.41. The molecule has 3 nitrogen and oxygen atoms in total. The van der Waals surface area contributed by atoms with Crippen LogP contribution in [0, 0.1) is 17.3 Å². The fraction of sp³-hybridized carbons (Fsp3) is 0.632. The number of fused-ring (bicyclic) bond motifs is 5. The Labute approximate surface area is 132 Å². The van der Waals surface area contributed by atoms with Crippen molar-refractivity contribution in [2.24, 2.45) is 28.2 Å². The number of nitrogens with zero attached hydrogens (tertiary/aromatic N) is 1. The zero-order valence-electron chi connectivity index (χ0n) is 13.6. The van der Waals surface area contributed by atoms with Gasteiger partial charge in [-0.25, -0.2) is 0 Å². The molecule has 2 saturated carbocycles. The molecule has 0 saturated heterocycles. The van der Waals surface area contributed by atoms with E-state index < -0.39 is 0 Å². The molecule has 0 radical (unpaired) electrons. The molecule has 1 aromatic rings. The largest absolute Gasteiger partial charge is 0.497 e. The molecule has 0 heterocycles. The number of aryl methyl sites for hydroxylation is 1. The van der Waals surface area contributed by atoms with E-state index in [0.29, 0.717) is 0 Å². The van der Waals surface area contributed by atoms with Gasteiger partial charge in [-0.2, -0.15) is 5.10 Å². The van der Waals surface area contributed by atoms with E-state index in [1.807, 2.05) is 0 Å². The van der Waals surface area contributed by atoms with Crippen LogP contribution in [0.5, 0.6) is 5.75 Å². The summed E-state index contributed by atoms with van der Waals surface area (Å²) in [6, 6.07) is 6.71. The Morgan fingerprint density at radius 2 is 2.09 bits per heavy atom. The highest BCUT2D eigenvalue weighted by atomic mass is 16.5. The molecule has 118 valence electrons. The molecule has 3 heteroatoms. The van der Waals surface area contributed by atoms with Gasteiger partial charge in [0, 0.05) is 11.1 Å². The lowest BCUT2D eigenvalue weighted by molar-refractivity contribution is 0.0955. The molecule has 1 aromatic carbocycles. The summed E-state index contributed by atoms with van der Waals surface area (Å²) in [5.74, 6) is 8.97. The van der Waals surface area contributed by atoms with Crippen LogP contribution in [-0.2, 0) is 6.42 Å². The predicted octanol–water partition coefficient (Wildman–Crippen LogP) is 3.87. The summed E-state index contributed by atoms with van der Waals surface area (Å²) < 4.78 is 5.40. The number of ether oxygens (including phenoxy) is 1. The third kappa shape index (κ3) is 1.84. The quantitative estimate of drug-likeness (QED) is 0.632. The van der Waals surface area contributed by atoms with Crippen molar-refractivity contribution in [1.29, 1.82) is 0 Å². The SMILES string of the molecule is COc1ccc2c(c1)CC[C@@H]1[C@@H]2CC[C@]2(C)C(=NN)CC[C@@H]12. The number of rotatable bonds is 1. The van der Waals surface area contributed by atoms with Gasteiger partial charge in [-0.05, 0) is 79.5 Å². The second-order valence-electron chi connectivity index (χ2n) is 7.55. The molecule has 0 aromatic heterocycles. The third-order valence-corrected chi connectivity index (χ3v) is 6.83. The molecule has 4 atom stereocenters. The smallest absolute Gasteiger partial charge is 0.119 e. The first-order chi connectivity index (χ1) is 10.7. The maximum Gasteiger partial charge on any atom is 0.119 e. The van der Waals surface area contributed by atoms with Crippen molar-refractivity contribution in [3.8, 4) is 5.75 Å². The molecular weight excluding hydrogens is 272 g/mol. The number of nitrogens with two attached hydrogens (primary N) is 1. The summed E-state index contributed by atoms with van der Waals surface area (Å²) in [5, 5.41) is 4.15. The van der Waals surface area contributed by atoms with E-state index in [-0.39, 0.29) is 5.41 Å². The van der Waals surface area contributed by atoms with E-state index >= 15 is 0 Å². The molecule has 22 heavy (non-hydrogen) atoms. The maximum atomic E-state index is 5.68. The van der Waals surface area contributed by atoms with Crippen LogP contribution in [-0.4, -0.2) is 12.8 Å². The summed E-state index contributed by atoms with van der Waals surface area (Å²) in [7, 11) is 1.76. The maximum absolute atomic E-state index is 5.68. The number of methoxy groups -OCH3 is 1. The summed E-state index contributed by atoms with van der Waals surface area (Å²) >= 11 is 0. The lowest BCUT2D eigenvalue weighted by atomic mass is 9.55. The Morgan fingerprint density at radius 1 is 1.23 bits per heavy atom. The highest BCUT2D eigenvalue weighted by Crippen LogP contribution is 2.59. The number of hydrazone groups is 1. The van der Waals surface area contributed by atoms with Crippen LogP contribution in [0.25, 0.3) is 0 Å². The van der Waals surface area contributed by atoms with Crippen LogP contribution in [0.2, 0.25) is 0 Å². The third-order valence-electron chi connectivity index (χ3n) is 6.83. The van der Waals surface area contributed by atoms with Crippen molar-refractivity contribution < 1.29 is 4.74 Å². The minimum Gasteiger partial charge on any atom is -0.497 e. The summed E-state index contributed by atoms with van der Waals surface area (Å²) in [6.07, 6.45) is 7.39. The predicted molar refractivity (Wildman–Crippen MR) is 89.2 cm³/mol. The first-order valence-corrected chi connectivity index (χ1v) is 8.61. The fourth-order valence-corrected chi connectivity index (χ4v) is 5.69. The summed E-state index contributed by atoms with van der Waals surface area (Å²) in [4.78, 5) is 0. The normalized spacial score (nSPS) is 38.3. The van der Waals surface area contributed by atoms with E-state index in [2.05, 4.69) is 30.2 Å². The molecule has 0 amide bonds. The minimum atomic E-state index is 0.264. The molecule has 0 aliphatic heterocycles. The standard InChI is InChI=1S/C19H26N2O/c1-19-10-9-15-14-6-4-13(22-2)11-12(14)3-5-16(15)17(19)7-8-18(19)21-20/h4,6,11,15-17H,3,5,7-10,20H2,1-2H3/t15-,16-,17+,19+/m1/s1. The summed E-state index contributed by atoms with van der Waals surface area (Å²) in [5.41, 5.74) is 4.63. The number of hydrogen-bond acceptors (Lipinski definition) is 3. The zero-order valence-corrected chi connectivity index (χ0v) is 13.6. The van der Waals surface area contributed by atoms with Crippen molar-refractivity contribution in [3.63, 3.8) is 0 Å². The van der Waals surface area contributed by atoms with Crippen LogP contribution >= 0.6 is 0 Å². The molecule has 2 N–H and O–H groups in total. The average Bonchev–Trinajstić information content (AvgIpc) is 2.90. The van der Waals surface area contributed by atoms with Gasteiger partial charge in [-0.15, -0.1) is 0 Å². The van der Waals surface area contributed by atoms with Gasteiger partial charge in [0.05, 0.1) is 7.11 Å². The molecule has 0 unspecified atom stereocenters. The van der Waals surface area contributed by atoms with Gasteiger partial charge in [0.1, 0.15) is 5.75 Å². The Hall–Kier alpha value is -1.51. The highest BCUT2D eigenvalue weighted by molar-refractivity contribution is 5.92. The van der Waals surface area contributed by atoms with Crippen LogP contribution in [0.3, 0.4) is 0 Å². The molecule has 3 aliphatic rings. The lowest BCUT2D eigenvalue weighted by Crippen LogP contribution is -2.42. The Morgan fingerprint density at radius 3 is 2.86 bits per heavy atom. The van der Waals surface area contributed by atoms with Gasteiger partial charge in [-0.3, -0.25) is 0 Å².